The number of benzene rings is 2. The molecule has 1 saturated carbocycles. The number of anilines is 1. The molecule has 2 aliphatic rings. The van der Waals surface area contributed by atoms with Gasteiger partial charge in [-0.3, -0.25) is 9.69 Å². The SMILES string of the molecule is COc1ccc(NC(=O)CN2CC[C@]3(O)CCCC[C@H]3[C@@H]2c2cc(OC)ccc2OC)cc1. The molecule has 2 aromatic rings. The number of nitrogens with zero attached hydrogens (tertiary/aromatic N) is 1. The number of carbonyl (C=O) groups is 1. The predicted molar refractivity (Wildman–Crippen MR) is 127 cm³/mol. The van der Waals surface area contributed by atoms with Crippen LogP contribution in [0.25, 0.3) is 0 Å². The van der Waals surface area contributed by atoms with E-state index in [0.717, 1.165) is 54.2 Å². The zero-order valence-corrected chi connectivity index (χ0v) is 19.7. The van der Waals surface area contributed by atoms with Crippen molar-refractivity contribution in [3.8, 4) is 17.2 Å². The summed E-state index contributed by atoms with van der Waals surface area (Å²) in [5.41, 5.74) is 0.960. The molecule has 2 aromatic carbocycles. The summed E-state index contributed by atoms with van der Waals surface area (Å²) in [6, 6.07) is 12.9. The number of likely N-dealkylation sites (tertiary alicyclic amines) is 1. The second-order valence-corrected chi connectivity index (χ2v) is 9.01. The van der Waals surface area contributed by atoms with E-state index in [4.69, 9.17) is 14.2 Å². The normalized spacial score (nSPS) is 25.1. The van der Waals surface area contributed by atoms with Gasteiger partial charge in [-0.05, 0) is 61.7 Å². The Morgan fingerprint density at radius 2 is 1.76 bits per heavy atom. The van der Waals surface area contributed by atoms with Crippen LogP contribution in [0.5, 0.6) is 17.2 Å². The van der Waals surface area contributed by atoms with Gasteiger partial charge in [-0.25, -0.2) is 0 Å². The van der Waals surface area contributed by atoms with E-state index < -0.39 is 5.60 Å². The number of amides is 1. The Kier molecular flexibility index (Phi) is 7.10. The van der Waals surface area contributed by atoms with Gasteiger partial charge in [0.2, 0.25) is 5.91 Å². The number of rotatable bonds is 7. The quantitative estimate of drug-likeness (QED) is 0.658. The lowest BCUT2D eigenvalue weighted by molar-refractivity contribution is -0.135. The van der Waals surface area contributed by atoms with Crippen molar-refractivity contribution in [3.05, 3.63) is 48.0 Å². The molecule has 3 atom stereocenters. The number of nitrogens with one attached hydrogen (secondary N) is 1. The first kappa shape index (κ1) is 23.4. The van der Waals surface area contributed by atoms with Crippen LogP contribution in [-0.2, 0) is 4.79 Å². The van der Waals surface area contributed by atoms with Crippen molar-refractivity contribution in [2.45, 2.75) is 43.7 Å². The van der Waals surface area contributed by atoms with Crippen LogP contribution in [0.2, 0.25) is 0 Å². The number of carbonyl (C=O) groups excluding carboxylic acids is 1. The summed E-state index contributed by atoms with van der Waals surface area (Å²) in [7, 11) is 4.91. The molecule has 0 radical (unpaired) electrons. The van der Waals surface area contributed by atoms with E-state index in [2.05, 4.69) is 10.2 Å². The first-order chi connectivity index (χ1) is 16.0. The Bertz CT molecular complexity index is 964. The molecule has 2 fully saturated rings. The molecule has 1 amide bonds. The second kappa shape index (κ2) is 10.0. The van der Waals surface area contributed by atoms with Crippen LogP contribution in [0, 0.1) is 5.92 Å². The lowest BCUT2D eigenvalue weighted by Gasteiger charge is -2.52. The number of hydrogen-bond acceptors (Lipinski definition) is 6. The van der Waals surface area contributed by atoms with Gasteiger partial charge in [0.15, 0.2) is 0 Å². The average molecular weight is 455 g/mol. The summed E-state index contributed by atoms with van der Waals surface area (Å²) in [5, 5.41) is 14.5. The summed E-state index contributed by atoms with van der Waals surface area (Å²) >= 11 is 0. The minimum atomic E-state index is -0.722. The van der Waals surface area contributed by atoms with Gasteiger partial charge in [0, 0.05) is 29.8 Å². The lowest BCUT2D eigenvalue weighted by Crippen LogP contribution is -2.56. The van der Waals surface area contributed by atoms with Gasteiger partial charge < -0.3 is 24.6 Å². The van der Waals surface area contributed by atoms with Crippen molar-refractivity contribution in [2.24, 2.45) is 5.92 Å². The summed E-state index contributed by atoms with van der Waals surface area (Å²) in [6.07, 6.45) is 4.48. The largest absolute Gasteiger partial charge is 0.497 e. The van der Waals surface area contributed by atoms with Crippen molar-refractivity contribution in [2.75, 3.05) is 39.7 Å². The van der Waals surface area contributed by atoms with Gasteiger partial charge in [0.1, 0.15) is 17.2 Å². The Balaban J connectivity index is 1.62. The Morgan fingerprint density at radius 3 is 2.45 bits per heavy atom. The molecule has 1 aliphatic carbocycles. The van der Waals surface area contributed by atoms with Crippen LogP contribution in [-0.4, -0.2) is 55.9 Å². The van der Waals surface area contributed by atoms with Crippen LogP contribution in [0.1, 0.15) is 43.7 Å². The number of ether oxygens (including phenoxy) is 3. The summed E-state index contributed by atoms with van der Waals surface area (Å²) in [6.45, 7) is 0.859. The molecule has 0 aromatic heterocycles. The fraction of sp³-hybridized carbons (Fsp3) is 0.500. The highest BCUT2D eigenvalue weighted by molar-refractivity contribution is 5.92. The molecular formula is C26H34N2O5. The third kappa shape index (κ3) is 4.94. The van der Waals surface area contributed by atoms with Crippen molar-refractivity contribution in [1.82, 2.24) is 4.90 Å². The van der Waals surface area contributed by atoms with Crippen molar-refractivity contribution in [1.29, 1.82) is 0 Å². The van der Waals surface area contributed by atoms with E-state index in [-0.39, 0.29) is 24.4 Å². The van der Waals surface area contributed by atoms with Gasteiger partial charge in [0.25, 0.3) is 0 Å². The minimum absolute atomic E-state index is 0.0230. The molecular weight excluding hydrogens is 420 g/mol. The van der Waals surface area contributed by atoms with E-state index >= 15 is 0 Å². The smallest absolute Gasteiger partial charge is 0.238 e. The van der Waals surface area contributed by atoms with Crippen LogP contribution < -0.4 is 19.5 Å². The highest BCUT2D eigenvalue weighted by Gasteiger charge is 2.50. The highest BCUT2D eigenvalue weighted by atomic mass is 16.5. The molecule has 1 aliphatic heterocycles. The van der Waals surface area contributed by atoms with Crippen molar-refractivity contribution >= 4 is 11.6 Å². The molecule has 0 bridgehead atoms. The summed E-state index contributed by atoms with van der Waals surface area (Å²) in [5.74, 6) is 2.16. The molecule has 4 rings (SSSR count). The Labute approximate surface area is 195 Å². The van der Waals surface area contributed by atoms with E-state index in [1.807, 2.05) is 42.5 Å². The zero-order chi connectivity index (χ0) is 23.4. The van der Waals surface area contributed by atoms with E-state index in [0.29, 0.717) is 13.0 Å². The van der Waals surface area contributed by atoms with E-state index in [1.54, 1.807) is 21.3 Å². The number of piperidine rings is 1. The van der Waals surface area contributed by atoms with Gasteiger partial charge >= 0.3 is 0 Å². The van der Waals surface area contributed by atoms with Crippen LogP contribution in [0.3, 0.4) is 0 Å². The molecule has 1 saturated heterocycles. The fourth-order valence-electron chi connectivity index (χ4n) is 5.46. The van der Waals surface area contributed by atoms with Crippen LogP contribution in [0.4, 0.5) is 5.69 Å². The maximum absolute atomic E-state index is 13.0. The van der Waals surface area contributed by atoms with Crippen molar-refractivity contribution in [3.63, 3.8) is 0 Å². The van der Waals surface area contributed by atoms with Crippen molar-refractivity contribution < 1.29 is 24.1 Å². The van der Waals surface area contributed by atoms with Gasteiger partial charge in [0.05, 0.1) is 33.5 Å². The van der Waals surface area contributed by atoms with Gasteiger partial charge in [-0.1, -0.05) is 12.8 Å². The second-order valence-electron chi connectivity index (χ2n) is 9.01. The highest BCUT2D eigenvalue weighted by Crippen LogP contribution is 2.51. The third-order valence-electron chi connectivity index (χ3n) is 7.15. The molecule has 178 valence electrons. The number of hydrogen-bond donors (Lipinski definition) is 2. The molecule has 7 heteroatoms. The average Bonchev–Trinajstić information content (AvgIpc) is 2.84. The zero-order valence-electron chi connectivity index (χ0n) is 19.7. The fourth-order valence-corrected chi connectivity index (χ4v) is 5.46. The Morgan fingerprint density at radius 1 is 1.03 bits per heavy atom. The standard InChI is InChI=1S/C26H34N2O5/c1-31-19-9-7-18(8-10-19)27-24(29)17-28-15-14-26(30)13-5-4-6-22(26)25(28)21-16-20(32-2)11-12-23(21)33-3/h7-12,16,22,25,30H,4-6,13-15,17H2,1-3H3,(H,27,29)/t22-,25-,26+/m0/s1. The number of fused-ring (bicyclic) bond motifs is 1. The molecule has 2 N–H and O–H groups in total. The minimum Gasteiger partial charge on any atom is -0.497 e. The molecule has 33 heavy (non-hydrogen) atoms. The third-order valence-corrected chi connectivity index (χ3v) is 7.15. The molecule has 7 nitrogen and oxygen atoms in total. The van der Waals surface area contributed by atoms with Gasteiger partial charge in [-0.15, -0.1) is 0 Å². The van der Waals surface area contributed by atoms with Crippen LogP contribution >= 0.6 is 0 Å². The molecule has 1 heterocycles. The lowest BCUT2D eigenvalue weighted by atomic mass is 9.66. The topological polar surface area (TPSA) is 80.3 Å². The molecule has 0 unspecified atom stereocenters. The van der Waals surface area contributed by atoms with Crippen LogP contribution in [0.15, 0.2) is 42.5 Å². The first-order valence-electron chi connectivity index (χ1n) is 11.6. The van der Waals surface area contributed by atoms with E-state index in [1.165, 1.54) is 0 Å². The first-order valence-corrected chi connectivity index (χ1v) is 11.6. The van der Waals surface area contributed by atoms with Gasteiger partial charge in [-0.2, -0.15) is 0 Å². The maximum Gasteiger partial charge on any atom is 0.238 e. The summed E-state index contributed by atoms with van der Waals surface area (Å²) in [4.78, 5) is 15.2. The molecule has 0 spiro atoms. The Hall–Kier alpha value is -2.77. The number of aliphatic hydroxyl groups is 1. The monoisotopic (exact) mass is 454 g/mol. The maximum atomic E-state index is 13.0. The van der Waals surface area contributed by atoms with E-state index in [9.17, 15) is 9.90 Å². The predicted octanol–water partition coefficient (Wildman–Crippen LogP) is 4.02. The number of methoxy groups -OCH3 is 3. The summed E-state index contributed by atoms with van der Waals surface area (Å²) < 4.78 is 16.4.